The van der Waals surface area contributed by atoms with Crippen LogP contribution in [0.3, 0.4) is 0 Å². The van der Waals surface area contributed by atoms with Crippen LogP contribution in [-0.4, -0.2) is 71.5 Å². The zero-order valence-electron chi connectivity index (χ0n) is 17.4. The van der Waals surface area contributed by atoms with Crippen molar-refractivity contribution in [2.45, 2.75) is 23.3 Å². The van der Waals surface area contributed by atoms with Gasteiger partial charge < -0.3 is 25.0 Å². The van der Waals surface area contributed by atoms with E-state index in [0.717, 1.165) is 22.7 Å². The maximum absolute atomic E-state index is 13.1. The molecule has 0 atom stereocenters. The monoisotopic (exact) mass is 439 g/mol. The Morgan fingerprint density at radius 3 is 2.42 bits per heavy atom. The number of carbonyl (C=O) groups is 2. The molecular weight excluding hydrogens is 414 g/mol. The van der Waals surface area contributed by atoms with Crippen molar-refractivity contribution in [3.05, 3.63) is 42.0 Å². The van der Waals surface area contributed by atoms with Gasteiger partial charge in [0.25, 0.3) is 11.8 Å². The molecule has 1 aliphatic carbocycles. The summed E-state index contributed by atoms with van der Waals surface area (Å²) in [6, 6.07) is 12.0. The molecule has 1 saturated heterocycles. The third kappa shape index (κ3) is 3.74. The van der Waals surface area contributed by atoms with Crippen LogP contribution in [0.5, 0.6) is 5.75 Å². The third-order valence-corrected chi connectivity index (χ3v) is 7.17. The molecule has 5 rings (SSSR count). The van der Waals surface area contributed by atoms with Crippen molar-refractivity contribution in [2.75, 3.05) is 44.5 Å². The molecule has 7 nitrogen and oxygen atoms in total. The van der Waals surface area contributed by atoms with Crippen LogP contribution in [0.2, 0.25) is 0 Å². The number of methoxy groups -OCH3 is 1. The molecule has 2 heterocycles. The number of fused-ring (bicyclic) bond motifs is 1. The molecule has 0 radical (unpaired) electrons. The summed E-state index contributed by atoms with van der Waals surface area (Å²) < 4.78 is 5.56. The first-order valence-electron chi connectivity index (χ1n) is 10.5. The summed E-state index contributed by atoms with van der Waals surface area (Å²) in [4.78, 5) is 30.1. The van der Waals surface area contributed by atoms with E-state index in [2.05, 4.69) is 23.5 Å². The minimum atomic E-state index is -1.16. The standard InChI is InChI=1S/C23H25N3O4S/c1-30-19-13-16(15-3-5-20-18(12-15)24-14-31-20)2-4-17(19)21(27)25-8-10-26(11-9-25)22(28)23(29)6-7-23/h2-5,12-13,24,29H,6-11,14H2,1H3. The van der Waals surface area contributed by atoms with E-state index in [1.807, 2.05) is 18.2 Å². The van der Waals surface area contributed by atoms with E-state index in [0.29, 0.717) is 50.3 Å². The second-order valence-corrected chi connectivity index (χ2v) is 9.22. The van der Waals surface area contributed by atoms with E-state index >= 15 is 0 Å². The number of nitrogens with zero attached hydrogens (tertiary/aromatic N) is 2. The predicted molar refractivity (Wildman–Crippen MR) is 119 cm³/mol. The zero-order valence-corrected chi connectivity index (χ0v) is 18.2. The highest BCUT2D eigenvalue weighted by Gasteiger charge is 2.50. The molecule has 2 N–H and O–H groups in total. The summed E-state index contributed by atoms with van der Waals surface area (Å²) in [5, 5.41) is 13.4. The highest BCUT2D eigenvalue weighted by atomic mass is 32.2. The summed E-state index contributed by atoms with van der Waals surface area (Å²) in [5.41, 5.74) is 2.54. The Bertz CT molecular complexity index is 1050. The van der Waals surface area contributed by atoms with Gasteiger partial charge in [-0.3, -0.25) is 9.59 Å². The third-order valence-electron chi connectivity index (χ3n) is 6.21. The fourth-order valence-corrected chi connectivity index (χ4v) is 4.96. The van der Waals surface area contributed by atoms with Crippen LogP contribution >= 0.6 is 11.8 Å². The molecule has 2 fully saturated rings. The molecule has 0 aromatic heterocycles. The van der Waals surface area contributed by atoms with Crippen molar-refractivity contribution in [1.29, 1.82) is 0 Å². The second kappa shape index (κ2) is 7.76. The van der Waals surface area contributed by atoms with Gasteiger partial charge in [-0.25, -0.2) is 0 Å². The van der Waals surface area contributed by atoms with E-state index in [1.54, 1.807) is 28.7 Å². The van der Waals surface area contributed by atoms with Gasteiger partial charge in [-0.15, -0.1) is 11.8 Å². The van der Waals surface area contributed by atoms with E-state index in [9.17, 15) is 14.7 Å². The SMILES string of the molecule is COc1cc(-c2ccc3c(c2)NCS3)ccc1C(=O)N1CCN(C(=O)C2(O)CC2)CC1. The van der Waals surface area contributed by atoms with Gasteiger partial charge in [0.1, 0.15) is 11.4 Å². The Kier molecular flexibility index (Phi) is 5.06. The van der Waals surface area contributed by atoms with Crippen LogP contribution in [0.15, 0.2) is 41.3 Å². The normalized spacial score (nSPS) is 18.9. The van der Waals surface area contributed by atoms with Gasteiger partial charge in [-0.2, -0.15) is 0 Å². The molecule has 0 unspecified atom stereocenters. The van der Waals surface area contributed by atoms with Crippen LogP contribution in [0.25, 0.3) is 11.1 Å². The molecule has 2 aliphatic heterocycles. The predicted octanol–water partition coefficient (Wildman–Crippen LogP) is 2.65. The van der Waals surface area contributed by atoms with Crippen molar-refractivity contribution in [3.8, 4) is 16.9 Å². The number of nitrogens with one attached hydrogen (secondary N) is 1. The van der Waals surface area contributed by atoms with Gasteiger partial charge >= 0.3 is 0 Å². The van der Waals surface area contributed by atoms with Crippen LogP contribution in [-0.2, 0) is 4.79 Å². The Morgan fingerprint density at radius 2 is 1.71 bits per heavy atom. The first-order valence-corrected chi connectivity index (χ1v) is 11.5. The van der Waals surface area contributed by atoms with E-state index < -0.39 is 5.60 Å². The number of amides is 2. The zero-order chi connectivity index (χ0) is 21.6. The van der Waals surface area contributed by atoms with Crippen molar-refractivity contribution < 1.29 is 19.4 Å². The average molecular weight is 440 g/mol. The lowest BCUT2D eigenvalue weighted by Gasteiger charge is -2.36. The molecule has 3 aliphatic rings. The quantitative estimate of drug-likeness (QED) is 0.762. The van der Waals surface area contributed by atoms with Crippen LogP contribution in [0, 0.1) is 0 Å². The number of aliphatic hydroxyl groups is 1. The van der Waals surface area contributed by atoms with E-state index in [-0.39, 0.29) is 11.8 Å². The van der Waals surface area contributed by atoms with E-state index in [1.165, 1.54) is 4.90 Å². The maximum Gasteiger partial charge on any atom is 0.257 e. The number of hydrogen-bond acceptors (Lipinski definition) is 6. The summed E-state index contributed by atoms with van der Waals surface area (Å²) in [7, 11) is 1.57. The molecule has 0 bridgehead atoms. The molecule has 31 heavy (non-hydrogen) atoms. The Balaban J connectivity index is 1.31. The van der Waals surface area contributed by atoms with Crippen molar-refractivity contribution in [1.82, 2.24) is 9.80 Å². The first-order chi connectivity index (χ1) is 15.0. The maximum atomic E-state index is 13.1. The lowest BCUT2D eigenvalue weighted by molar-refractivity contribution is -0.143. The number of thioether (sulfide) groups is 1. The smallest absolute Gasteiger partial charge is 0.257 e. The summed E-state index contributed by atoms with van der Waals surface area (Å²) in [6.07, 6.45) is 1.07. The average Bonchev–Trinajstić information content (AvgIpc) is 3.39. The first kappa shape index (κ1) is 20.2. The largest absolute Gasteiger partial charge is 0.496 e. The van der Waals surface area contributed by atoms with Crippen LogP contribution in [0.4, 0.5) is 5.69 Å². The molecule has 162 valence electrons. The number of anilines is 1. The molecular formula is C23H25N3O4S. The minimum absolute atomic E-state index is 0.104. The minimum Gasteiger partial charge on any atom is -0.496 e. The number of ether oxygens (including phenoxy) is 1. The number of carbonyl (C=O) groups excluding carboxylic acids is 2. The fourth-order valence-electron chi connectivity index (χ4n) is 4.12. The number of benzene rings is 2. The second-order valence-electron chi connectivity index (χ2n) is 8.21. The van der Waals surface area contributed by atoms with Gasteiger partial charge in [-0.05, 0) is 48.2 Å². The van der Waals surface area contributed by atoms with Gasteiger partial charge in [0, 0.05) is 36.8 Å². The molecule has 8 heteroatoms. The lowest BCUT2D eigenvalue weighted by Crippen LogP contribution is -2.53. The van der Waals surface area contributed by atoms with Gasteiger partial charge in [-0.1, -0.05) is 12.1 Å². The highest BCUT2D eigenvalue weighted by Crippen LogP contribution is 2.38. The number of piperazine rings is 1. The number of rotatable bonds is 4. The lowest BCUT2D eigenvalue weighted by atomic mass is 10.0. The molecule has 2 aromatic carbocycles. The fraction of sp³-hybridized carbons (Fsp3) is 0.391. The van der Waals surface area contributed by atoms with E-state index in [4.69, 9.17) is 4.74 Å². The number of hydrogen-bond donors (Lipinski definition) is 2. The topological polar surface area (TPSA) is 82.1 Å². The van der Waals surface area contributed by atoms with Gasteiger partial charge in [0.15, 0.2) is 0 Å². The Hall–Kier alpha value is -2.71. The van der Waals surface area contributed by atoms with Crippen LogP contribution in [0.1, 0.15) is 23.2 Å². The van der Waals surface area contributed by atoms with Gasteiger partial charge in [0.05, 0.1) is 18.6 Å². The van der Waals surface area contributed by atoms with Crippen molar-refractivity contribution >= 4 is 29.3 Å². The summed E-state index contributed by atoms with van der Waals surface area (Å²) in [5.74, 6) is 1.11. The Morgan fingerprint density at radius 1 is 1.03 bits per heavy atom. The highest BCUT2D eigenvalue weighted by molar-refractivity contribution is 7.99. The van der Waals surface area contributed by atoms with Crippen molar-refractivity contribution in [3.63, 3.8) is 0 Å². The molecule has 1 saturated carbocycles. The molecule has 2 aromatic rings. The van der Waals surface area contributed by atoms with Gasteiger partial charge in [0.2, 0.25) is 0 Å². The van der Waals surface area contributed by atoms with Crippen molar-refractivity contribution in [2.24, 2.45) is 0 Å². The molecule has 0 spiro atoms. The summed E-state index contributed by atoms with van der Waals surface area (Å²) >= 11 is 1.78. The van der Waals surface area contributed by atoms with Crippen LogP contribution < -0.4 is 10.1 Å². The Labute approximate surface area is 185 Å². The summed E-state index contributed by atoms with van der Waals surface area (Å²) in [6.45, 7) is 1.76. The molecule has 2 amide bonds.